The largest absolute Gasteiger partial charge is 0.287 e. The quantitative estimate of drug-likeness (QED) is 0.318. The summed E-state index contributed by atoms with van der Waals surface area (Å²) in [6.45, 7) is 1.99. The fourth-order valence-corrected chi connectivity index (χ4v) is 4.70. The number of hydrogen-bond donors (Lipinski definition) is 0. The van der Waals surface area contributed by atoms with Crippen molar-refractivity contribution < 1.29 is 9.59 Å². The number of thioether (sulfide) groups is 1. The number of fused-ring (bicyclic) bond motifs is 6. The lowest BCUT2D eigenvalue weighted by Crippen LogP contribution is -2.03. The van der Waals surface area contributed by atoms with Crippen molar-refractivity contribution >= 4 is 23.3 Å². The van der Waals surface area contributed by atoms with Gasteiger partial charge in [-0.15, -0.1) is 11.8 Å². The summed E-state index contributed by atoms with van der Waals surface area (Å²) >= 11 is 1.46. The van der Waals surface area contributed by atoms with Gasteiger partial charge in [0.1, 0.15) is 46.0 Å². The monoisotopic (exact) mass is 499 g/mol. The van der Waals surface area contributed by atoms with Gasteiger partial charge in [-0.25, -0.2) is 19.9 Å². The number of aromatic nitrogens is 4. The van der Waals surface area contributed by atoms with E-state index in [0.717, 1.165) is 11.3 Å². The van der Waals surface area contributed by atoms with Gasteiger partial charge in [0, 0.05) is 22.3 Å². The third-order valence-electron chi connectivity index (χ3n) is 5.64. The normalized spacial score (nSPS) is 11.6. The topological polar surface area (TPSA) is 157 Å². The molecule has 37 heavy (non-hydrogen) atoms. The van der Waals surface area contributed by atoms with Crippen molar-refractivity contribution in [1.29, 1.82) is 15.8 Å². The van der Waals surface area contributed by atoms with Crippen LogP contribution < -0.4 is 0 Å². The first kappa shape index (κ1) is 23.5. The summed E-state index contributed by atoms with van der Waals surface area (Å²) in [5.74, 6) is 0.398. The molecule has 174 valence electrons. The lowest BCUT2D eigenvalue weighted by Gasteiger charge is -2.03. The minimum Gasteiger partial charge on any atom is -0.287 e. The van der Waals surface area contributed by atoms with Crippen LogP contribution in [-0.4, -0.2) is 37.3 Å². The molecule has 4 aromatic rings. The number of carbonyl (C=O) groups excluding carboxylic acids is 2. The molecule has 0 saturated carbocycles. The Hall–Kier alpha value is -5.24. The third-order valence-corrected chi connectivity index (χ3v) is 6.49. The Balaban J connectivity index is 0.000000152. The molecule has 0 N–H and O–H groups in total. The molecule has 0 fully saturated rings. The van der Waals surface area contributed by atoms with Gasteiger partial charge in [-0.3, -0.25) is 9.59 Å². The van der Waals surface area contributed by atoms with E-state index in [1.54, 1.807) is 36.4 Å². The molecule has 2 aromatic heterocycles. The van der Waals surface area contributed by atoms with Gasteiger partial charge < -0.3 is 0 Å². The van der Waals surface area contributed by atoms with Crippen LogP contribution in [0.2, 0.25) is 0 Å². The van der Waals surface area contributed by atoms with E-state index in [1.807, 2.05) is 37.3 Å². The highest BCUT2D eigenvalue weighted by Crippen LogP contribution is 2.36. The van der Waals surface area contributed by atoms with Crippen molar-refractivity contribution in [2.75, 3.05) is 5.75 Å². The summed E-state index contributed by atoms with van der Waals surface area (Å²) in [5, 5.41) is 27.5. The highest BCUT2D eigenvalue weighted by atomic mass is 32.2. The van der Waals surface area contributed by atoms with E-state index >= 15 is 0 Å². The smallest absolute Gasteiger partial charge is 0.214 e. The average Bonchev–Trinajstić information content (AvgIpc) is 3.38. The second kappa shape index (κ2) is 9.43. The van der Waals surface area contributed by atoms with E-state index in [9.17, 15) is 9.59 Å². The molecule has 0 spiro atoms. The van der Waals surface area contributed by atoms with Crippen molar-refractivity contribution in [3.63, 3.8) is 0 Å². The number of hydrogen-bond acceptors (Lipinski definition) is 10. The Morgan fingerprint density at radius 3 is 1.49 bits per heavy atom. The minimum absolute atomic E-state index is 0.0549. The SMILES string of the molecule is CCSc1nc2c(nc1C#N)C(=O)c1ccccc1-2.N#Cc1nc2c(nc1C#N)-c1ccccc1C2=O. The van der Waals surface area contributed by atoms with Gasteiger partial charge in [-0.05, 0) is 5.75 Å². The Morgan fingerprint density at radius 1 is 0.622 bits per heavy atom. The van der Waals surface area contributed by atoms with Gasteiger partial charge in [0.2, 0.25) is 11.6 Å². The minimum atomic E-state index is -0.255. The predicted octanol–water partition coefficient (Wildman–Crippen LogP) is 4.10. The molecule has 0 saturated heterocycles. The number of carbonyl (C=O) groups is 2. The molecule has 2 aliphatic carbocycles. The first-order chi connectivity index (χ1) is 18.0. The summed E-state index contributed by atoms with van der Waals surface area (Å²) in [6, 6.07) is 19.9. The Morgan fingerprint density at radius 2 is 1.03 bits per heavy atom. The summed E-state index contributed by atoms with van der Waals surface area (Å²) < 4.78 is 0. The van der Waals surface area contributed by atoms with E-state index in [4.69, 9.17) is 15.8 Å². The number of nitrogens with zero attached hydrogens (tertiary/aromatic N) is 7. The van der Waals surface area contributed by atoms with Gasteiger partial charge in [0.15, 0.2) is 17.1 Å². The highest BCUT2D eigenvalue weighted by Gasteiger charge is 2.32. The molecule has 2 heterocycles. The Labute approximate surface area is 215 Å². The number of ketones is 2. The molecule has 0 radical (unpaired) electrons. The molecule has 2 aromatic carbocycles. The Bertz CT molecular complexity index is 1780. The average molecular weight is 500 g/mol. The maximum Gasteiger partial charge on any atom is 0.214 e. The molecule has 0 amide bonds. The van der Waals surface area contributed by atoms with Crippen LogP contribution >= 0.6 is 11.8 Å². The summed E-state index contributed by atoms with van der Waals surface area (Å²) in [6.07, 6.45) is 0. The third kappa shape index (κ3) is 3.81. The van der Waals surface area contributed by atoms with Crippen molar-refractivity contribution in [3.8, 4) is 40.7 Å². The van der Waals surface area contributed by atoms with Gasteiger partial charge in [-0.1, -0.05) is 55.5 Å². The lowest BCUT2D eigenvalue weighted by atomic mass is 10.1. The highest BCUT2D eigenvalue weighted by molar-refractivity contribution is 7.99. The molecule has 0 atom stereocenters. The van der Waals surface area contributed by atoms with Gasteiger partial charge >= 0.3 is 0 Å². The molecule has 6 rings (SSSR count). The number of nitriles is 3. The molecule has 0 aliphatic heterocycles. The summed E-state index contributed by atoms with van der Waals surface area (Å²) in [5.41, 5.74) is 4.05. The second-order valence-corrected chi connectivity index (χ2v) is 8.96. The van der Waals surface area contributed by atoms with Gasteiger partial charge in [-0.2, -0.15) is 15.8 Å². The fourth-order valence-electron chi connectivity index (χ4n) is 4.04. The standard InChI is InChI=1S/C14H9N3OS.C13H4N4O/c1-2-19-14-10(7-15)16-12-11(17-14)8-5-3-4-6-9(8)13(12)18;14-5-9-10(6-15)17-12-11(16-9)7-3-1-2-4-8(7)13(12)18/h3-6H,2H2,1H3;1-4H. The van der Waals surface area contributed by atoms with Gasteiger partial charge in [0.25, 0.3) is 0 Å². The lowest BCUT2D eigenvalue weighted by molar-refractivity contribution is 0.103. The molecule has 2 aliphatic rings. The Kier molecular flexibility index (Phi) is 5.99. The molecular weight excluding hydrogens is 486 g/mol. The summed E-state index contributed by atoms with van der Waals surface area (Å²) in [4.78, 5) is 40.9. The molecular formula is C27H13N7O2S. The van der Waals surface area contributed by atoms with E-state index in [1.165, 1.54) is 11.8 Å². The second-order valence-electron chi connectivity index (χ2n) is 7.71. The van der Waals surface area contributed by atoms with Crippen molar-refractivity contribution in [2.24, 2.45) is 0 Å². The predicted molar refractivity (Wildman–Crippen MR) is 132 cm³/mol. The molecule has 0 unspecified atom stereocenters. The number of benzene rings is 2. The van der Waals surface area contributed by atoms with Crippen LogP contribution in [0.3, 0.4) is 0 Å². The molecule has 0 bridgehead atoms. The van der Waals surface area contributed by atoms with Gasteiger partial charge in [0.05, 0.1) is 0 Å². The summed E-state index contributed by atoms with van der Waals surface area (Å²) in [7, 11) is 0. The first-order valence-corrected chi connectivity index (χ1v) is 12.0. The van der Waals surface area contributed by atoms with Crippen LogP contribution in [0, 0.1) is 34.0 Å². The van der Waals surface area contributed by atoms with Crippen LogP contribution in [0.1, 0.15) is 56.1 Å². The first-order valence-electron chi connectivity index (χ1n) is 11.0. The van der Waals surface area contributed by atoms with Crippen molar-refractivity contribution in [3.05, 3.63) is 88.1 Å². The van der Waals surface area contributed by atoms with E-state index in [0.29, 0.717) is 38.8 Å². The van der Waals surface area contributed by atoms with E-state index in [-0.39, 0.29) is 34.3 Å². The molecule has 10 heteroatoms. The van der Waals surface area contributed by atoms with Crippen LogP contribution in [-0.2, 0) is 0 Å². The fraction of sp³-hybridized carbons (Fsp3) is 0.0741. The zero-order valence-electron chi connectivity index (χ0n) is 19.2. The van der Waals surface area contributed by atoms with Crippen LogP contribution in [0.25, 0.3) is 22.5 Å². The maximum absolute atomic E-state index is 12.2. The van der Waals surface area contributed by atoms with E-state index in [2.05, 4.69) is 19.9 Å². The van der Waals surface area contributed by atoms with Crippen LogP contribution in [0.4, 0.5) is 0 Å². The van der Waals surface area contributed by atoms with Crippen LogP contribution in [0.5, 0.6) is 0 Å². The van der Waals surface area contributed by atoms with Crippen molar-refractivity contribution in [1.82, 2.24) is 19.9 Å². The zero-order chi connectivity index (χ0) is 26.1. The van der Waals surface area contributed by atoms with Crippen LogP contribution in [0.15, 0.2) is 53.6 Å². The maximum atomic E-state index is 12.2. The van der Waals surface area contributed by atoms with E-state index < -0.39 is 0 Å². The zero-order valence-corrected chi connectivity index (χ0v) is 20.0. The number of rotatable bonds is 2. The molecule has 9 nitrogen and oxygen atoms in total. The van der Waals surface area contributed by atoms with Crippen molar-refractivity contribution in [2.45, 2.75) is 11.9 Å².